The monoisotopic (exact) mass is 459 g/mol. The molecule has 3 rings (SSSR count). The first kappa shape index (κ1) is 23.0. The largest absolute Gasteiger partial charge is 0.493 e. The van der Waals surface area contributed by atoms with Crippen LogP contribution in [0.1, 0.15) is 5.56 Å². The fourth-order valence-electron chi connectivity index (χ4n) is 2.91. The fraction of sp³-hybridized carbons (Fsp3) is 0.227. The average molecular weight is 459 g/mol. The normalized spacial score (nSPS) is 14.6. The summed E-state index contributed by atoms with van der Waals surface area (Å²) in [5.41, 5.74) is 0.418. The molecule has 32 heavy (non-hydrogen) atoms. The van der Waals surface area contributed by atoms with Crippen LogP contribution in [0.3, 0.4) is 0 Å². The molecule has 1 fully saturated rings. The summed E-state index contributed by atoms with van der Waals surface area (Å²) in [6.45, 7) is -0.429. The van der Waals surface area contributed by atoms with Gasteiger partial charge in [-0.05, 0) is 36.0 Å². The topological polar surface area (TPSA) is 112 Å². The zero-order valence-electron chi connectivity index (χ0n) is 17.4. The number of methoxy groups -OCH3 is 2. The van der Waals surface area contributed by atoms with Gasteiger partial charge in [0.2, 0.25) is 0 Å². The molecule has 0 unspecified atom stereocenters. The van der Waals surface area contributed by atoms with Crippen LogP contribution in [0.15, 0.2) is 47.4 Å². The van der Waals surface area contributed by atoms with Crippen molar-refractivity contribution in [3.05, 3.63) is 52.9 Å². The highest BCUT2D eigenvalue weighted by Gasteiger charge is 2.35. The summed E-state index contributed by atoms with van der Waals surface area (Å²) in [7, 11) is 2.94. The Morgan fingerprint density at radius 2 is 1.69 bits per heavy atom. The van der Waals surface area contributed by atoms with Gasteiger partial charge in [-0.3, -0.25) is 14.5 Å². The predicted octanol–water partition coefficient (Wildman–Crippen LogP) is 3.28. The van der Waals surface area contributed by atoms with Crippen LogP contribution in [0.25, 0.3) is 6.08 Å². The van der Waals surface area contributed by atoms with Crippen LogP contribution >= 0.6 is 11.8 Å². The van der Waals surface area contributed by atoms with Gasteiger partial charge in [-0.15, -0.1) is 0 Å². The number of nitrogens with zero attached hydrogens (tertiary/aromatic N) is 1. The molecule has 0 radical (unpaired) electrons. The van der Waals surface area contributed by atoms with E-state index in [1.807, 2.05) is 0 Å². The van der Waals surface area contributed by atoms with Crippen molar-refractivity contribution < 1.29 is 38.4 Å². The zero-order chi connectivity index (χ0) is 23.1. The molecule has 1 N–H and O–H groups in total. The maximum atomic E-state index is 12.8. The molecule has 0 spiro atoms. The average Bonchev–Trinajstić information content (AvgIpc) is 3.05. The molecule has 1 heterocycles. The number of amides is 2. The summed E-state index contributed by atoms with van der Waals surface area (Å²) in [5, 5.41) is 8.48. The van der Waals surface area contributed by atoms with Crippen LogP contribution in [0.2, 0.25) is 0 Å². The van der Waals surface area contributed by atoms with Gasteiger partial charge >= 0.3 is 5.97 Å². The smallest absolute Gasteiger partial charge is 0.341 e. The second-order valence-electron chi connectivity index (χ2n) is 6.39. The number of para-hydroxylation sites is 3. The van der Waals surface area contributed by atoms with Crippen LogP contribution < -0.4 is 18.9 Å². The molecule has 2 amide bonds. The van der Waals surface area contributed by atoms with E-state index in [2.05, 4.69) is 0 Å². The fourth-order valence-corrected chi connectivity index (χ4v) is 3.77. The Kier molecular flexibility index (Phi) is 7.61. The lowest BCUT2D eigenvalue weighted by atomic mass is 10.1. The van der Waals surface area contributed by atoms with Gasteiger partial charge in [0, 0.05) is 5.56 Å². The second-order valence-corrected chi connectivity index (χ2v) is 7.39. The Hall–Kier alpha value is -3.66. The van der Waals surface area contributed by atoms with Gasteiger partial charge in [0.05, 0.1) is 25.7 Å². The summed E-state index contributed by atoms with van der Waals surface area (Å²) in [6, 6.07) is 12.0. The lowest BCUT2D eigenvalue weighted by molar-refractivity contribution is -0.139. The van der Waals surface area contributed by atoms with Crippen molar-refractivity contribution in [1.29, 1.82) is 0 Å². The van der Waals surface area contributed by atoms with Crippen molar-refractivity contribution in [2.45, 2.75) is 0 Å². The Morgan fingerprint density at radius 3 is 2.38 bits per heavy atom. The number of hydrogen-bond acceptors (Lipinski definition) is 8. The van der Waals surface area contributed by atoms with Gasteiger partial charge in [-0.2, -0.15) is 0 Å². The van der Waals surface area contributed by atoms with Gasteiger partial charge in [0.1, 0.15) is 6.61 Å². The first-order valence-electron chi connectivity index (χ1n) is 9.47. The zero-order valence-corrected chi connectivity index (χ0v) is 18.2. The van der Waals surface area contributed by atoms with Crippen LogP contribution in [0.5, 0.6) is 23.0 Å². The highest BCUT2D eigenvalue weighted by molar-refractivity contribution is 8.18. The van der Waals surface area contributed by atoms with E-state index in [0.717, 1.165) is 16.7 Å². The third kappa shape index (κ3) is 5.33. The molecule has 2 aromatic rings. The molecule has 1 aliphatic heterocycles. The third-order valence-electron chi connectivity index (χ3n) is 4.37. The van der Waals surface area contributed by atoms with E-state index in [0.29, 0.717) is 22.8 Å². The molecule has 9 nitrogen and oxygen atoms in total. The molecule has 0 aliphatic carbocycles. The molecule has 10 heteroatoms. The van der Waals surface area contributed by atoms with Gasteiger partial charge in [-0.25, -0.2) is 4.79 Å². The van der Waals surface area contributed by atoms with Crippen LogP contribution in [-0.4, -0.2) is 61.1 Å². The molecular formula is C22H21NO8S. The van der Waals surface area contributed by atoms with Crippen LogP contribution in [0, 0.1) is 0 Å². The number of carbonyl (C=O) groups excluding carboxylic acids is 2. The number of ether oxygens (including phenoxy) is 4. The summed E-state index contributed by atoms with van der Waals surface area (Å²) in [5.74, 6) is -0.0939. The van der Waals surface area contributed by atoms with E-state index in [9.17, 15) is 14.4 Å². The van der Waals surface area contributed by atoms with E-state index in [4.69, 9.17) is 24.1 Å². The quantitative estimate of drug-likeness (QED) is 0.535. The summed E-state index contributed by atoms with van der Waals surface area (Å²) >= 11 is 0.783. The van der Waals surface area contributed by atoms with Crippen molar-refractivity contribution >= 4 is 35.0 Å². The number of rotatable bonds is 10. The molecule has 0 aromatic heterocycles. The van der Waals surface area contributed by atoms with Gasteiger partial charge in [0.25, 0.3) is 11.1 Å². The standard InChI is InChI=1S/C22H21NO8S/c1-28-15-7-3-4-8-16(15)30-11-10-23-21(26)18(32-22(23)27)12-14-6-5-9-17(29-2)20(14)31-13-19(24)25/h3-9,12H,10-11,13H2,1-2H3,(H,24,25)/b18-12-. The number of aliphatic carboxylic acids is 1. The van der Waals surface area contributed by atoms with Crippen molar-refractivity contribution in [3.8, 4) is 23.0 Å². The Bertz CT molecular complexity index is 1050. The minimum absolute atomic E-state index is 0.0561. The number of benzene rings is 2. The van der Waals surface area contributed by atoms with E-state index < -0.39 is 23.7 Å². The highest BCUT2D eigenvalue weighted by Crippen LogP contribution is 2.37. The number of imide groups is 1. The predicted molar refractivity (Wildman–Crippen MR) is 117 cm³/mol. The molecule has 1 aliphatic rings. The first-order valence-corrected chi connectivity index (χ1v) is 10.3. The van der Waals surface area contributed by atoms with Crippen molar-refractivity contribution in [3.63, 3.8) is 0 Å². The maximum absolute atomic E-state index is 12.8. The van der Waals surface area contributed by atoms with Crippen molar-refractivity contribution in [1.82, 2.24) is 4.90 Å². The molecular weight excluding hydrogens is 438 g/mol. The van der Waals surface area contributed by atoms with E-state index >= 15 is 0 Å². The summed E-state index contributed by atoms with van der Waals surface area (Å²) < 4.78 is 21.4. The van der Waals surface area contributed by atoms with Crippen molar-refractivity contribution in [2.75, 3.05) is 34.0 Å². The lowest BCUT2D eigenvalue weighted by Gasteiger charge is -2.14. The minimum atomic E-state index is -1.16. The first-order chi connectivity index (χ1) is 15.4. The van der Waals surface area contributed by atoms with E-state index in [1.54, 1.807) is 42.5 Å². The van der Waals surface area contributed by atoms with Crippen LogP contribution in [-0.2, 0) is 9.59 Å². The number of carboxylic acid groups (broad SMARTS) is 1. The van der Waals surface area contributed by atoms with Gasteiger partial charge < -0.3 is 24.1 Å². The number of carbonyl (C=O) groups is 3. The molecule has 2 aromatic carbocycles. The number of thioether (sulfide) groups is 1. The molecule has 0 bridgehead atoms. The van der Waals surface area contributed by atoms with Crippen molar-refractivity contribution in [2.24, 2.45) is 0 Å². The van der Waals surface area contributed by atoms with Crippen LogP contribution in [0.4, 0.5) is 4.79 Å². The third-order valence-corrected chi connectivity index (χ3v) is 5.28. The van der Waals surface area contributed by atoms with Gasteiger partial charge in [0.15, 0.2) is 29.6 Å². The molecule has 0 saturated carbocycles. The molecule has 168 valence electrons. The molecule has 1 saturated heterocycles. The molecule has 0 atom stereocenters. The SMILES string of the molecule is COc1ccccc1OCCN1C(=O)S/C(=C\c2cccc(OC)c2OCC(=O)O)C1=O. The Balaban J connectivity index is 1.73. The number of hydrogen-bond donors (Lipinski definition) is 1. The second kappa shape index (κ2) is 10.6. The summed E-state index contributed by atoms with van der Waals surface area (Å²) in [4.78, 5) is 37.3. The minimum Gasteiger partial charge on any atom is -0.493 e. The highest BCUT2D eigenvalue weighted by atomic mass is 32.2. The van der Waals surface area contributed by atoms with E-state index in [1.165, 1.54) is 20.3 Å². The Labute approximate surface area is 188 Å². The van der Waals surface area contributed by atoms with Gasteiger partial charge in [-0.1, -0.05) is 24.3 Å². The number of carboxylic acids is 1. The lowest BCUT2D eigenvalue weighted by Crippen LogP contribution is -2.32. The summed E-state index contributed by atoms with van der Waals surface area (Å²) in [6.07, 6.45) is 1.48. The Morgan fingerprint density at radius 1 is 1.00 bits per heavy atom. The maximum Gasteiger partial charge on any atom is 0.341 e. The van der Waals surface area contributed by atoms with E-state index in [-0.39, 0.29) is 23.8 Å².